The number of aromatic nitrogens is 4. The zero-order valence-electron chi connectivity index (χ0n) is 11.4. The second-order valence-electron chi connectivity index (χ2n) is 4.58. The van der Waals surface area contributed by atoms with Crippen LogP contribution in [0, 0.1) is 0 Å². The molecule has 2 aliphatic rings. The van der Waals surface area contributed by atoms with Crippen LogP contribution >= 0.6 is 0 Å². The molecule has 4 bridgehead atoms. The Morgan fingerprint density at radius 3 is 2.12 bits per heavy atom. The standard InChI is InChI=1S/C11H4N4O9/c16-3-1-4(17)22-10-12-8-7(9(13-10)21-3)14-11(20)15(8)24-6(19)2-5(18)23-14/h1-2H2. The topological polar surface area (TPSA) is 158 Å². The van der Waals surface area contributed by atoms with E-state index in [2.05, 4.69) is 9.97 Å². The largest absolute Gasteiger partial charge is 0.404 e. The number of ether oxygens (including phenoxy) is 2. The molecule has 24 heavy (non-hydrogen) atoms. The van der Waals surface area contributed by atoms with E-state index in [1.807, 2.05) is 0 Å². The third kappa shape index (κ3) is 1.98. The van der Waals surface area contributed by atoms with Gasteiger partial charge in [0.05, 0.1) is 0 Å². The molecular formula is C11H4N4O9. The summed E-state index contributed by atoms with van der Waals surface area (Å²) in [4.78, 5) is 75.1. The molecule has 0 amide bonds. The van der Waals surface area contributed by atoms with Gasteiger partial charge in [-0.05, 0) is 0 Å². The van der Waals surface area contributed by atoms with Crippen LogP contribution in [0.25, 0.3) is 11.2 Å². The maximum atomic E-state index is 12.2. The quantitative estimate of drug-likeness (QED) is 0.359. The van der Waals surface area contributed by atoms with Gasteiger partial charge in [-0.15, -0.1) is 4.73 Å². The van der Waals surface area contributed by atoms with Crippen molar-refractivity contribution >= 4 is 35.0 Å². The lowest BCUT2D eigenvalue weighted by Crippen LogP contribution is -2.40. The first kappa shape index (κ1) is 13.9. The minimum Gasteiger partial charge on any atom is -0.404 e. The smallest absolute Gasteiger partial charge is 0.398 e. The molecule has 4 heterocycles. The van der Waals surface area contributed by atoms with Crippen LogP contribution in [0.4, 0.5) is 0 Å². The van der Waals surface area contributed by atoms with E-state index in [1.165, 1.54) is 0 Å². The van der Waals surface area contributed by atoms with Gasteiger partial charge >= 0.3 is 35.6 Å². The zero-order chi connectivity index (χ0) is 17.0. The SMILES string of the molecule is O=C1CC(=O)Oc2nc(nc3c2n2c(=O)n3OC(=O)CC(=O)O2)O1. The molecule has 2 aliphatic heterocycles. The summed E-state index contributed by atoms with van der Waals surface area (Å²) >= 11 is 0. The molecule has 13 heteroatoms. The van der Waals surface area contributed by atoms with Crippen LogP contribution in [0.1, 0.15) is 12.8 Å². The van der Waals surface area contributed by atoms with Gasteiger partial charge in [0.25, 0.3) is 5.88 Å². The molecule has 0 saturated carbocycles. The number of imidazole rings is 1. The lowest BCUT2D eigenvalue weighted by atomic mass is 10.4. The van der Waals surface area contributed by atoms with Gasteiger partial charge in [-0.2, -0.15) is 9.97 Å². The number of carbonyl (C=O) groups excluding carboxylic acids is 4. The van der Waals surface area contributed by atoms with Crippen molar-refractivity contribution in [1.29, 1.82) is 0 Å². The van der Waals surface area contributed by atoms with Gasteiger partial charge in [-0.3, -0.25) is 9.59 Å². The zero-order valence-corrected chi connectivity index (χ0v) is 11.4. The monoisotopic (exact) mass is 336 g/mol. The second-order valence-corrected chi connectivity index (χ2v) is 4.58. The fraction of sp³-hybridized carbons (Fsp3) is 0.182. The lowest BCUT2D eigenvalue weighted by Gasteiger charge is -2.10. The molecule has 0 unspecified atom stereocenters. The first-order chi connectivity index (χ1) is 11.4. The molecule has 0 radical (unpaired) electrons. The highest BCUT2D eigenvalue weighted by Crippen LogP contribution is 2.26. The van der Waals surface area contributed by atoms with Crippen LogP contribution in [-0.2, 0) is 19.2 Å². The third-order valence-corrected chi connectivity index (χ3v) is 2.94. The second kappa shape index (κ2) is 4.61. The van der Waals surface area contributed by atoms with Crippen molar-refractivity contribution in [3.63, 3.8) is 0 Å². The molecule has 13 nitrogen and oxygen atoms in total. The molecule has 2 aromatic rings. The predicted octanol–water partition coefficient (Wildman–Crippen LogP) is -2.88. The van der Waals surface area contributed by atoms with Crippen LogP contribution in [0.2, 0.25) is 0 Å². The summed E-state index contributed by atoms with van der Waals surface area (Å²) in [6.45, 7) is 0. The minimum absolute atomic E-state index is 0.349. The van der Waals surface area contributed by atoms with E-state index in [9.17, 15) is 24.0 Å². The van der Waals surface area contributed by atoms with E-state index >= 15 is 0 Å². The molecule has 0 saturated heterocycles. The van der Waals surface area contributed by atoms with Crippen LogP contribution in [0.15, 0.2) is 4.79 Å². The van der Waals surface area contributed by atoms with Crippen LogP contribution in [0.3, 0.4) is 0 Å². The first-order valence-electron chi connectivity index (χ1n) is 6.31. The molecule has 2 aromatic heterocycles. The summed E-state index contributed by atoms with van der Waals surface area (Å²) in [6.07, 6.45) is -1.48. The highest BCUT2D eigenvalue weighted by molar-refractivity contribution is 5.96. The molecule has 0 aromatic carbocycles. The maximum Gasteiger partial charge on any atom is 0.398 e. The number of carbonyl (C=O) groups is 4. The first-order valence-corrected chi connectivity index (χ1v) is 6.31. The van der Waals surface area contributed by atoms with Crippen molar-refractivity contribution in [1.82, 2.24) is 19.4 Å². The Kier molecular flexibility index (Phi) is 2.66. The summed E-state index contributed by atoms with van der Waals surface area (Å²) in [5.41, 5.74) is -1.86. The van der Waals surface area contributed by atoms with E-state index in [4.69, 9.17) is 19.1 Å². The third-order valence-electron chi connectivity index (χ3n) is 2.94. The number of esters is 2. The number of hydrogen-bond acceptors (Lipinski definition) is 11. The Bertz CT molecular complexity index is 1020. The molecule has 0 fully saturated rings. The number of hydrogen-bond donors (Lipinski definition) is 0. The lowest BCUT2D eigenvalue weighted by molar-refractivity contribution is -0.158. The Morgan fingerprint density at radius 1 is 0.750 bits per heavy atom. The van der Waals surface area contributed by atoms with Crippen LogP contribution in [-0.4, -0.2) is 43.3 Å². The fourth-order valence-electron chi connectivity index (χ4n) is 2.06. The van der Waals surface area contributed by atoms with E-state index in [1.54, 1.807) is 0 Å². The van der Waals surface area contributed by atoms with Crippen molar-refractivity contribution < 1.29 is 38.3 Å². The minimum atomic E-state index is -1.11. The van der Waals surface area contributed by atoms with E-state index in [0.29, 0.717) is 9.46 Å². The summed E-state index contributed by atoms with van der Waals surface area (Å²) in [5, 5.41) is 0. The molecule has 122 valence electrons. The average molecular weight is 336 g/mol. The Hall–Kier alpha value is -3.77. The molecule has 0 N–H and O–H groups in total. The molecule has 0 aliphatic carbocycles. The number of rotatable bonds is 0. The van der Waals surface area contributed by atoms with E-state index in [-0.39, 0.29) is 5.52 Å². The van der Waals surface area contributed by atoms with Gasteiger partial charge in [-0.1, -0.05) is 4.73 Å². The van der Waals surface area contributed by atoms with Crippen molar-refractivity contribution in [3.8, 4) is 11.9 Å². The molecule has 0 spiro atoms. The molecular weight excluding hydrogens is 332 g/mol. The van der Waals surface area contributed by atoms with Gasteiger partial charge in [0.15, 0.2) is 5.52 Å². The van der Waals surface area contributed by atoms with Gasteiger partial charge < -0.3 is 19.1 Å². The van der Waals surface area contributed by atoms with Gasteiger partial charge in [0.1, 0.15) is 12.8 Å². The summed E-state index contributed by atoms with van der Waals surface area (Å²) < 4.78 is 10.4. The van der Waals surface area contributed by atoms with Gasteiger partial charge in [0.2, 0.25) is 5.65 Å². The Labute approximate surface area is 129 Å². The molecule has 4 rings (SSSR count). The fourth-order valence-corrected chi connectivity index (χ4v) is 2.06. The molecule has 0 atom stereocenters. The summed E-state index contributed by atoms with van der Waals surface area (Å²) in [7, 11) is 0. The Balaban J connectivity index is 2.07. The predicted molar refractivity (Wildman–Crippen MR) is 65.5 cm³/mol. The van der Waals surface area contributed by atoms with Gasteiger partial charge in [-0.25, -0.2) is 14.4 Å². The highest BCUT2D eigenvalue weighted by Gasteiger charge is 2.32. The maximum absolute atomic E-state index is 12.2. The highest BCUT2D eigenvalue weighted by atomic mass is 16.7. The normalized spacial score (nSPS) is 17.0. The van der Waals surface area contributed by atoms with Crippen LogP contribution < -0.4 is 24.8 Å². The number of nitrogens with zero attached hydrogens (tertiary/aromatic N) is 4. The van der Waals surface area contributed by atoms with E-state index in [0.717, 1.165) is 0 Å². The average Bonchev–Trinajstić information content (AvgIpc) is 2.73. The van der Waals surface area contributed by atoms with Gasteiger partial charge in [0, 0.05) is 0 Å². The van der Waals surface area contributed by atoms with Crippen molar-refractivity contribution in [2.24, 2.45) is 0 Å². The Morgan fingerprint density at radius 2 is 1.38 bits per heavy atom. The summed E-state index contributed by atoms with van der Waals surface area (Å²) in [6, 6.07) is -0.539. The van der Waals surface area contributed by atoms with Crippen LogP contribution in [0.5, 0.6) is 11.9 Å². The van der Waals surface area contributed by atoms with E-state index < -0.39 is 59.9 Å². The van der Waals surface area contributed by atoms with Crippen molar-refractivity contribution in [2.75, 3.05) is 0 Å². The summed E-state index contributed by atoms with van der Waals surface area (Å²) in [5.74, 6) is -4.67. The van der Waals surface area contributed by atoms with Crippen molar-refractivity contribution in [3.05, 3.63) is 10.5 Å². The number of fused-ring (bicyclic) bond motifs is 8. The van der Waals surface area contributed by atoms with Crippen molar-refractivity contribution in [2.45, 2.75) is 12.8 Å².